The highest BCUT2D eigenvalue weighted by atomic mass is 16.5. The summed E-state index contributed by atoms with van der Waals surface area (Å²) in [5.41, 5.74) is -1.12. The van der Waals surface area contributed by atoms with E-state index in [1.165, 1.54) is 17.9 Å². The van der Waals surface area contributed by atoms with Crippen LogP contribution in [-0.2, 0) is 9.53 Å². The van der Waals surface area contributed by atoms with Crippen LogP contribution in [-0.4, -0.2) is 34.3 Å². The molecule has 0 amide bonds. The maximum Gasteiger partial charge on any atom is 0.328 e. The second kappa shape index (κ2) is 5.14. The number of rotatable bonds is 3. The molecule has 7 nitrogen and oxygen atoms in total. The van der Waals surface area contributed by atoms with Gasteiger partial charge < -0.3 is 9.84 Å². The molecule has 0 radical (unpaired) electrons. The number of nitrogens with one attached hydrogen (secondary N) is 1. The van der Waals surface area contributed by atoms with E-state index in [9.17, 15) is 19.5 Å². The van der Waals surface area contributed by atoms with Crippen molar-refractivity contribution in [2.45, 2.75) is 26.8 Å². The van der Waals surface area contributed by atoms with Crippen LogP contribution in [0.15, 0.2) is 15.8 Å². The Labute approximate surface area is 121 Å². The van der Waals surface area contributed by atoms with E-state index in [1.54, 1.807) is 6.92 Å². The second-order valence-electron chi connectivity index (χ2n) is 6.09. The lowest BCUT2D eigenvalue weighted by molar-refractivity contribution is -0.178. The maximum atomic E-state index is 12.0. The van der Waals surface area contributed by atoms with Crippen molar-refractivity contribution in [3.63, 3.8) is 0 Å². The fourth-order valence-electron chi connectivity index (χ4n) is 3.52. The van der Waals surface area contributed by atoms with Gasteiger partial charge in [0.2, 0.25) is 0 Å². The van der Waals surface area contributed by atoms with Gasteiger partial charge in [0.05, 0.1) is 13.0 Å². The zero-order valence-electron chi connectivity index (χ0n) is 12.5. The molecule has 0 aliphatic heterocycles. The molecular weight excluding hydrogens is 276 g/mol. The molecule has 7 heteroatoms. The largest absolute Gasteiger partial charge is 0.469 e. The first-order chi connectivity index (χ1) is 9.75. The number of aliphatic hydroxyl groups is 1. The lowest BCUT2D eigenvalue weighted by Gasteiger charge is -2.56. The fraction of sp³-hybridized carbons (Fsp3) is 0.643. The Bertz CT molecular complexity index is 673. The van der Waals surface area contributed by atoms with E-state index < -0.39 is 34.5 Å². The molecule has 3 atom stereocenters. The van der Waals surface area contributed by atoms with Crippen molar-refractivity contribution < 1.29 is 14.6 Å². The van der Waals surface area contributed by atoms with Gasteiger partial charge in [0.15, 0.2) is 0 Å². The summed E-state index contributed by atoms with van der Waals surface area (Å²) in [6.07, 6.45) is 1.48. The summed E-state index contributed by atoms with van der Waals surface area (Å²) in [5, 5.41) is 9.58. The SMILES string of the molecule is COC(=O)[C@@H]1C(CO)[C@H](n2cc(C)c(=O)[nH]c2=O)C1(C)C. The van der Waals surface area contributed by atoms with E-state index in [2.05, 4.69) is 4.98 Å². The molecule has 1 aromatic rings. The van der Waals surface area contributed by atoms with Gasteiger partial charge in [0.25, 0.3) is 5.56 Å². The molecule has 0 aromatic carbocycles. The molecule has 1 fully saturated rings. The van der Waals surface area contributed by atoms with Crippen molar-refractivity contribution in [2.75, 3.05) is 13.7 Å². The molecule has 0 spiro atoms. The minimum Gasteiger partial charge on any atom is -0.469 e. The molecule has 2 rings (SSSR count). The van der Waals surface area contributed by atoms with Crippen molar-refractivity contribution in [3.05, 3.63) is 32.6 Å². The van der Waals surface area contributed by atoms with Crippen LogP contribution in [0.1, 0.15) is 25.5 Å². The van der Waals surface area contributed by atoms with Crippen LogP contribution in [0.5, 0.6) is 0 Å². The highest BCUT2D eigenvalue weighted by Gasteiger charge is 2.61. The van der Waals surface area contributed by atoms with Gasteiger partial charge in [-0.1, -0.05) is 13.8 Å². The first kappa shape index (κ1) is 15.5. The molecule has 1 saturated carbocycles. The lowest BCUT2D eigenvalue weighted by atomic mass is 9.51. The number of aryl methyl sites for hydroxylation is 1. The molecule has 1 heterocycles. The number of methoxy groups -OCH3 is 1. The second-order valence-corrected chi connectivity index (χ2v) is 6.09. The molecule has 1 aliphatic carbocycles. The molecule has 0 saturated heterocycles. The van der Waals surface area contributed by atoms with Crippen LogP contribution >= 0.6 is 0 Å². The molecular formula is C14H20N2O5. The number of hydrogen-bond donors (Lipinski definition) is 2. The molecule has 2 N–H and O–H groups in total. The number of ether oxygens (including phenoxy) is 1. The zero-order valence-corrected chi connectivity index (χ0v) is 12.5. The Morgan fingerprint density at radius 3 is 2.62 bits per heavy atom. The number of aliphatic hydroxyl groups excluding tert-OH is 1. The van der Waals surface area contributed by atoms with E-state index in [0.29, 0.717) is 5.56 Å². The summed E-state index contributed by atoms with van der Waals surface area (Å²) >= 11 is 0. The monoisotopic (exact) mass is 296 g/mol. The summed E-state index contributed by atoms with van der Waals surface area (Å²) in [5.74, 6) is -1.31. The summed E-state index contributed by atoms with van der Waals surface area (Å²) in [6.45, 7) is 5.06. The fourth-order valence-corrected chi connectivity index (χ4v) is 3.52. The van der Waals surface area contributed by atoms with Crippen LogP contribution in [0.4, 0.5) is 0 Å². The average molecular weight is 296 g/mol. The molecule has 21 heavy (non-hydrogen) atoms. The quantitative estimate of drug-likeness (QED) is 0.754. The van der Waals surface area contributed by atoms with Gasteiger partial charge >= 0.3 is 11.7 Å². The van der Waals surface area contributed by atoms with Crippen LogP contribution in [0.3, 0.4) is 0 Å². The Balaban J connectivity index is 2.50. The first-order valence-corrected chi connectivity index (χ1v) is 6.76. The van der Waals surface area contributed by atoms with Crippen molar-refractivity contribution in [3.8, 4) is 0 Å². The van der Waals surface area contributed by atoms with Crippen molar-refractivity contribution >= 4 is 5.97 Å². The third-order valence-corrected chi connectivity index (χ3v) is 4.51. The highest BCUT2D eigenvalue weighted by Crippen LogP contribution is 2.58. The van der Waals surface area contributed by atoms with Gasteiger partial charge in [-0.05, 0) is 12.3 Å². The van der Waals surface area contributed by atoms with Gasteiger partial charge in [-0.3, -0.25) is 19.1 Å². The number of nitrogens with zero attached hydrogens (tertiary/aromatic N) is 1. The van der Waals surface area contributed by atoms with Crippen molar-refractivity contribution in [2.24, 2.45) is 17.3 Å². The van der Waals surface area contributed by atoms with E-state index in [-0.39, 0.29) is 12.6 Å². The molecule has 0 bridgehead atoms. The third kappa shape index (κ3) is 2.21. The van der Waals surface area contributed by atoms with Gasteiger partial charge in [-0.2, -0.15) is 0 Å². The number of carbonyl (C=O) groups excluding carboxylic acids is 1. The minimum atomic E-state index is -0.561. The van der Waals surface area contributed by atoms with E-state index in [4.69, 9.17) is 4.74 Å². The summed E-state index contributed by atoms with van der Waals surface area (Å²) in [4.78, 5) is 37.6. The van der Waals surface area contributed by atoms with E-state index >= 15 is 0 Å². The van der Waals surface area contributed by atoms with Crippen molar-refractivity contribution in [1.82, 2.24) is 9.55 Å². The average Bonchev–Trinajstić information content (AvgIpc) is 2.41. The number of aromatic nitrogens is 2. The Kier molecular flexibility index (Phi) is 3.79. The summed E-state index contributed by atoms with van der Waals surface area (Å²) in [6, 6.07) is -0.380. The summed E-state index contributed by atoms with van der Waals surface area (Å²) < 4.78 is 6.18. The van der Waals surface area contributed by atoms with Gasteiger partial charge in [-0.15, -0.1) is 0 Å². The van der Waals surface area contributed by atoms with E-state index in [0.717, 1.165) is 0 Å². The van der Waals surface area contributed by atoms with E-state index in [1.807, 2.05) is 13.8 Å². The van der Waals surface area contributed by atoms with Crippen LogP contribution in [0.2, 0.25) is 0 Å². The zero-order chi connectivity index (χ0) is 15.9. The Morgan fingerprint density at radius 2 is 2.10 bits per heavy atom. The maximum absolute atomic E-state index is 12.0. The normalized spacial score (nSPS) is 27.0. The van der Waals surface area contributed by atoms with Crippen LogP contribution < -0.4 is 11.2 Å². The smallest absolute Gasteiger partial charge is 0.328 e. The number of carbonyl (C=O) groups is 1. The van der Waals surface area contributed by atoms with Gasteiger partial charge in [0.1, 0.15) is 0 Å². The minimum absolute atomic E-state index is 0.238. The topological polar surface area (TPSA) is 101 Å². The highest BCUT2D eigenvalue weighted by molar-refractivity contribution is 5.75. The standard InChI is InChI=1S/C14H20N2O5/c1-7-5-16(13(20)15-11(7)18)10-8(6-17)9(12(19)21-4)14(10,2)3/h5,8-10,17H,6H2,1-4H3,(H,15,18,20)/t8?,9-,10-/m0/s1. The molecule has 1 aromatic heterocycles. The number of hydrogen-bond acceptors (Lipinski definition) is 5. The number of aromatic amines is 1. The summed E-state index contributed by atoms with van der Waals surface area (Å²) in [7, 11) is 1.30. The predicted octanol–water partition coefficient (Wildman–Crippen LogP) is -0.176. The number of H-pyrrole nitrogens is 1. The Hall–Kier alpha value is -1.89. The third-order valence-electron chi connectivity index (χ3n) is 4.51. The number of esters is 1. The van der Waals surface area contributed by atoms with Crippen LogP contribution in [0.25, 0.3) is 0 Å². The Morgan fingerprint density at radius 1 is 1.48 bits per heavy atom. The molecule has 116 valence electrons. The van der Waals surface area contributed by atoms with Crippen molar-refractivity contribution in [1.29, 1.82) is 0 Å². The van der Waals surface area contributed by atoms with Crippen LogP contribution in [0, 0.1) is 24.2 Å². The van der Waals surface area contributed by atoms with Gasteiger partial charge in [-0.25, -0.2) is 4.79 Å². The molecule has 1 unspecified atom stereocenters. The molecule has 1 aliphatic rings. The first-order valence-electron chi connectivity index (χ1n) is 6.76. The predicted molar refractivity (Wildman–Crippen MR) is 75.0 cm³/mol. The van der Waals surface area contributed by atoms with Gasteiger partial charge in [0, 0.05) is 30.3 Å². The lowest BCUT2D eigenvalue weighted by Crippen LogP contribution is -2.61.